The summed E-state index contributed by atoms with van der Waals surface area (Å²) in [6.45, 7) is 0. The maximum Gasteiger partial charge on any atom is 0.159 e. The maximum atomic E-state index is 6.83. The molecule has 0 aliphatic heterocycles. The third kappa shape index (κ3) is 3.20. The van der Waals surface area contributed by atoms with Gasteiger partial charge in [0.15, 0.2) is 5.58 Å². The molecule has 0 N–H and O–H groups in total. The third-order valence-electron chi connectivity index (χ3n) is 8.35. The Kier molecular flexibility index (Phi) is 4.61. The second-order valence-corrected chi connectivity index (χ2v) is 10.6. The minimum atomic E-state index is 0.895. The Morgan fingerprint density at radius 1 is 0.463 bits per heavy atom. The van der Waals surface area contributed by atoms with Gasteiger partial charge in [0.1, 0.15) is 5.58 Å². The predicted octanol–water partition coefficient (Wildman–Crippen LogP) is 10.3. The summed E-state index contributed by atoms with van der Waals surface area (Å²) in [4.78, 5) is 0. The summed E-state index contributed by atoms with van der Waals surface area (Å²) in [6.07, 6.45) is 2.16. The zero-order valence-electron chi connectivity index (χ0n) is 22.2. The molecule has 0 saturated heterocycles. The number of aromatic nitrogens is 2. The minimum Gasteiger partial charge on any atom is -0.453 e. The summed E-state index contributed by atoms with van der Waals surface area (Å²) in [6, 6.07) is 49.5. The van der Waals surface area contributed by atoms with Crippen LogP contribution in [0.5, 0.6) is 0 Å². The Labute approximate surface area is 236 Å². The van der Waals surface area contributed by atoms with E-state index < -0.39 is 0 Å². The molecule has 0 aliphatic rings. The van der Waals surface area contributed by atoms with E-state index in [0.717, 1.165) is 55.5 Å². The average Bonchev–Trinajstić information content (AvgIpc) is 3.72. The fraction of sp³-hybridized carbons (Fsp3) is 0. The number of hydrogen-bond acceptors (Lipinski definition) is 1. The van der Waals surface area contributed by atoms with E-state index in [1.54, 1.807) is 0 Å². The normalized spacial score (nSPS) is 11.9. The molecule has 0 atom stereocenters. The van der Waals surface area contributed by atoms with Crippen molar-refractivity contribution in [3.63, 3.8) is 0 Å². The van der Waals surface area contributed by atoms with Gasteiger partial charge in [-0.05, 0) is 48.0 Å². The van der Waals surface area contributed by atoms with Crippen LogP contribution >= 0.6 is 0 Å². The van der Waals surface area contributed by atoms with E-state index in [1.165, 1.54) is 21.7 Å². The van der Waals surface area contributed by atoms with Crippen LogP contribution in [0.3, 0.4) is 0 Å². The van der Waals surface area contributed by atoms with Crippen molar-refractivity contribution in [1.82, 2.24) is 9.13 Å². The van der Waals surface area contributed by atoms with Crippen LogP contribution in [0, 0.1) is 0 Å². The maximum absolute atomic E-state index is 6.83. The topological polar surface area (TPSA) is 23.0 Å². The molecule has 0 fully saturated rings. The van der Waals surface area contributed by atoms with Gasteiger partial charge in [-0.2, -0.15) is 0 Å². The highest BCUT2D eigenvalue weighted by molar-refractivity contribution is 6.16. The van der Waals surface area contributed by atoms with Crippen molar-refractivity contribution in [1.29, 1.82) is 0 Å². The first-order valence-corrected chi connectivity index (χ1v) is 13.9. The third-order valence-corrected chi connectivity index (χ3v) is 8.35. The minimum absolute atomic E-state index is 0.895. The van der Waals surface area contributed by atoms with Crippen LogP contribution in [-0.4, -0.2) is 9.13 Å². The Morgan fingerprint density at radius 2 is 1.17 bits per heavy atom. The molecule has 6 aromatic carbocycles. The van der Waals surface area contributed by atoms with E-state index in [4.69, 9.17) is 4.42 Å². The van der Waals surface area contributed by atoms with Crippen LogP contribution in [-0.2, 0) is 0 Å². The van der Waals surface area contributed by atoms with Crippen molar-refractivity contribution in [3.05, 3.63) is 146 Å². The fourth-order valence-electron chi connectivity index (χ4n) is 6.50. The van der Waals surface area contributed by atoms with E-state index in [1.807, 2.05) is 6.07 Å². The largest absolute Gasteiger partial charge is 0.453 e. The van der Waals surface area contributed by atoms with Gasteiger partial charge in [0.2, 0.25) is 0 Å². The lowest BCUT2D eigenvalue weighted by Gasteiger charge is -2.10. The predicted molar refractivity (Wildman–Crippen MR) is 170 cm³/mol. The Hall–Kier alpha value is -5.54. The van der Waals surface area contributed by atoms with Crippen LogP contribution in [0.25, 0.3) is 77.1 Å². The molecule has 9 rings (SSSR count). The molecule has 3 aromatic heterocycles. The first-order chi connectivity index (χ1) is 20.3. The van der Waals surface area contributed by atoms with Gasteiger partial charge in [-0.15, -0.1) is 0 Å². The second kappa shape index (κ2) is 8.48. The van der Waals surface area contributed by atoms with E-state index >= 15 is 0 Å². The van der Waals surface area contributed by atoms with Crippen LogP contribution in [0.4, 0.5) is 0 Å². The molecule has 0 amide bonds. The van der Waals surface area contributed by atoms with E-state index in [2.05, 4.69) is 149 Å². The van der Waals surface area contributed by atoms with Gasteiger partial charge < -0.3 is 13.6 Å². The highest BCUT2D eigenvalue weighted by Crippen LogP contribution is 2.41. The van der Waals surface area contributed by atoms with Gasteiger partial charge in [0.25, 0.3) is 0 Å². The summed E-state index contributed by atoms with van der Waals surface area (Å²) in [5, 5.41) is 5.94. The SMILES string of the molecule is c1ccc(-c2cccc3c2oc2c(-n4c5ccccc5c5cc6ccn(-c7ccccc7)c6cc54)cccc23)cc1. The molecule has 0 saturated carbocycles. The van der Waals surface area contributed by atoms with Crippen molar-refractivity contribution in [2.75, 3.05) is 0 Å². The quantitative estimate of drug-likeness (QED) is 0.225. The van der Waals surface area contributed by atoms with Crippen molar-refractivity contribution < 1.29 is 4.42 Å². The van der Waals surface area contributed by atoms with Crippen LogP contribution in [0.1, 0.15) is 0 Å². The van der Waals surface area contributed by atoms with Gasteiger partial charge in [0, 0.05) is 44.4 Å². The zero-order chi connectivity index (χ0) is 26.9. The summed E-state index contributed by atoms with van der Waals surface area (Å²) in [7, 11) is 0. The van der Waals surface area contributed by atoms with Crippen molar-refractivity contribution in [2.24, 2.45) is 0 Å². The number of para-hydroxylation sites is 4. The van der Waals surface area contributed by atoms with Gasteiger partial charge in [-0.25, -0.2) is 0 Å². The van der Waals surface area contributed by atoms with Crippen LogP contribution in [0.2, 0.25) is 0 Å². The standard InChI is InChI=1S/C38H24N2O/c1-3-11-25(12-4-1)28-16-9-17-30-31-18-10-20-34(38(31)41-37(28)30)40-33-19-8-7-15-29(33)32-23-26-21-22-39(35(26)24-36(32)40)27-13-5-2-6-14-27/h1-24H. The Bertz CT molecular complexity index is 2410. The summed E-state index contributed by atoms with van der Waals surface area (Å²) < 4.78 is 11.5. The van der Waals surface area contributed by atoms with E-state index in [9.17, 15) is 0 Å². The van der Waals surface area contributed by atoms with E-state index in [-0.39, 0.29) is 0 Å². The highest BCUT2D eigenvalue weighted by atomic mass is 16.3. The molecule has 3 heteroatoms. The fourth-order valence-corrected chi connectivity index (χ4v) is 6.50. The molecular weight excluding hydrogens is 500 g/mol. The van der Waals surface area contributed by atoms with Gasteiger partial charge in [-0.3, -0.25) is 0 Å². The van der Waals surface area contributed by atoms with Crippen molar-refractivity contribution in [3.8, 4) is 22.5 Å². The van der Waals surface area contributed by atoms with E-state index in [0.29, 0.717) is 0 Å². The van der Waals surface area contributed by atoms with Crippen LogP contribution < -0.4 is 0 Å². The molecule has 192 valence electrons. The monoisotopic (exact) mass is 524 g/mol. The Balaban J connectivity index is 1.38. The first kappa shape index (κ1) is 22.3. The highest BCUT2D eigenvalue weighted by Gasteiger charge is 2.20. The number of benzene rings is 6. The number of nitrogens with zero attached hydrogens (tertiary/aromatic N) is 2. The van der Waals surface area contributed by atoms with Gasteiger partial charge >= 0.3 is 0 Å². The number of fused-ring (bicyclic) bond motifs is 7. The lowest BCUT2D eigenvalue weighted by molar-refractivity contribution is 0.667. The molecule has 3 heterocycles. The zero-order valence-corrected chi connectivity index (χ0v) is 22.2. The molecule has 0 radical (unpaired) electrons. The van der Waals surface area contributed by atoms with Gasteiger partial charge in [-0.1, -0.05) is 97.1 Å². The molecule has 0 unspecified atom stereocenters. The summed E-state index contributed by atoms with van der Waals surface area (Å²) in [5.74, 6) is 0. The number of rotatable bonds is 3. The lowest BCUT2D eigenvalue weighted by Crippen LogP contribution is -1.95. The van der Waals surface area contributed by atoms with Crippen molar-refractivity contribution in [2.45, 2.75) is 0 Å². The van der Waals surface area contributed by atoms with Gasteiger partial charge in [0.05, 0.1) is 22.2 Å². The molecule has 0 bridgehead atoms. The van der Waals surface area contributed by atoms with Crippen molar-refractivity contribution >= 4 is 54.6 Å². The lowest BCUT2D eigenvalue weighted by atomic mass is 10.0. The first-order valence-electron chi connectivity index (χ1n) is 13.9. The summed E-state index contributed by atoms with van der Waals surface area (Å²) in [5.41, 5.74) is 9.77. The molecule has 0 spiro atoms. The molecule has 0 aliphatic carbocycles. The second-order valence-electron chi connectivity index (χ2n) is 10.6. The molecule has 9 aromatic rings. The average molecular weight is 525 g/mol. The number of hydrogen-bond donors (Lipinski definition) is 0. The molecule has 3 nitrogen and oxygen atoms in total. The van der Waals surface area contributed by atoms with Crippen LogP contribution in [0.15, 0.2) is 150 Å². The number of furan rings is 1. The Morgan fingerprint density at radius 3 is 2.02 bits per heavy atom. The summed E-state index contributed by atoms with van der Waals surface area (Å²) >= 11 is 0. The smallest absolute Gasteiger partial charge is 0.159 e. The molecule has 41 heavy (non-hydrogen) atoms. The molecular formula is C38H24N2O.